The van der Waals surface area contributed by atoms with Crippen LogP contribution >= 0.6 is 0 Å². The molecule has 2 rings (SSSR count). The first-order chi connectivity index (χ1) is 9.05. The fraction of sp³-hybridized carbons (Fsp3) is 0.538. The van der Waals surface area contributed by atoms with E-state index in [1.165, 1.54) is 16.4 Å². The van der Waals surface area contributed by atoms with E-state index in [4.69, 9.17) is 4.74 Å². The molecule has 19 heavy (non-hydrogen) atoms. The summed E-state index contributed by atoms with van der Waals surface area (Å²) in [6.07, 6.45) is 2.80. The van der Waals surface area contributed by atoms with Crippen LogP contribution in [0.1, 0.15) is 26.2 Å². The van der Waals surface area contributed by atoms with E-state index in [9.17, 15) is 12.8 Å². The number of ether oxygens (including phenoxy) is 1. The Hall–Kier alpha value is -1.14. The molecule has 0 saturated carbocycles. The van der Waals surface area contributed by atoms with E-state index < -0.39 is 15.8 Å². The molecule has 0 radical (unpaired) electrons. The quantitative estimate of drug-likeness (QED) is 0.854. The molecule has 106 valence electrons. The monoisotopic (exact) mass is 287 g/mol. The smallest absolute Gasteiger partial charge is 0.243 e. The second-order valence-corrected chi connectivity index (χ2v) is 6.43. The molecule has 1 aromatic rings. The lowest BCUT2D eigenvalue weighted by atomic mass is 10.2. The third-order valence-corrected chi connectivity index (χ3v) is 5.05. The standard InChI is InChI=1S/C13H18FNO3S/c1-2-18-13-10-11(6-7-12(13)14)19(16,17)15-8-4-3-5-9-15/h6-7,10H,2-5,8-9H2,1H3. The SMILES string of the molecule is CCOc1cc(S(=O)(=O)N2CCCCC2)ccc1F. The van der Waals surface area contributed by atoms with Gasteiger partial charge in [0, 0.05) is 19.2 Å². The molecule has 0 N–H and O–H groups in total. The van der Waals surface area contributed by atoms with Crippen LogP contribution in [0.25, 0.3) is 0 Å². The van der Waals surface area contributed by atoms with E-state index >= 15 is 0 Å². The van der Waals surface area contributed by atoms with Crippen molar-refractivity contribution < 1.29 is 17.5 Å². The maximum absolute atomic E-state index is 13.5. The zero-order chi connectivity index (χ0) is 13.9. The van der Waals surface area contributed by atoms with Crippen LogP contribution in [0.15, 0.2) is 23.1 Å². The minimum absolute atomic E-state index is 0.0133. The van der Waals surface area contributed by atoms with E-state index in [1.807, 2.05) is 0 Å². The lowest BCUT2D eigenvalue weighted by Gasteiger charge is -2.26. The lowest BCUT2D eigenvalue weighted by Crippen LogP contribution is -2.35. The summed E-state index contributed by atoms with van der Waals surface area (Å²) in [4.78, 5) is 0.0965. The molecule has 0 spiro atoms. The Labute approximate surface area is 113 Å². The molecule has 0 atom stereocenters. The Morgan fingerprint density at radius 1 is 1.26 bits per heavy atom. The Morgan fingerprint density at radius 2 is 1.95 bits per heavy atom. The first-order valence-electron chi connectivity index (χ1n) is 6.48. The summed E-state index contributed by atoms with van der Waals surface area (Å²) in [6.45, 7) is 3.09. The van der Waals surface area contributed by atoms with Crippen molar-refractivity contribution in [2.24, 2.45) is 0 Å². The van der Waals surface area contributed by atoms with Crippen LogP contribution in [-0.2, 0) is 10.0 Å². The molecular weight excluding hydrogens is 269 g/mol. The van der Waals surface area contributed by atoms with Gasteiger partial charge in [-0.15, -0.1) is 0 Å². The fourth-order valence-corrected chi connectivity index (χ4v) is 3.70. The van der Waals surface area contributed by atoms with Crippen molar-refractivity contribution in [1.82, 2.24) is 4.31 Å². The minimum atomic E-state index is -3.53. The van der Waals surface area contributed by atoms with Gasteiger partial charge < -0.3 is 4.74 Å². The van der Waals surface area contributed by atoms with E-state index in [0.717, 1.165) is 25.3 Å². The molecule has 6 heteroatoms. The topological polar surface area (TPSA) is 46.6 Å². The maximum Gasteiger partial charge on any atom is 0.243 e. The number of piperidine rings is 1. The second kappa shape index (κ2) is 5.88. The summed E-state index contributed by atoms with van der Waals surface area (Å²) in [6, 6.07) is 3.70. The highest BCUT2D eigenvalue weighted by molar-refractivity contribution is 7.89. The van der Waals surface area contributed by atoms with Crippen LogP contribution in [0, 0.1) is 5.82 Å². The third kappa shape index (κ3) is 3.06. The summed E-state index contributed by atoms with van der Waals surface area (Å²) in [7, 11) is -3.53. The van der Waals surface area contributed by atoms with Crippen LogP contribution in [-0.4, -0.2) is 32.4 Å². The number of hydrogen-bond donors (Lipinski definition) is 0. The van der Waals surface area contributed by atoms with Gasteiger partial charge in [0.2, 0.25) is 10.0 Å². The van der Waals surface area contributed by atoms with Crippen molar-refractivity contribution in [2.45, 2.75) is 31.1 Å². The molecule has 1 saturated heterocycles. The van der Waals surface area contributed by atoms with Gasteiger partial charge in [0.1, 0.15) is 0 Å². The predicted octanol–water partition coefficient (Wildman–Crippen LogP) is 2.40. The molecule has 1 fully saturated rings. The fourth-order valence-electron chi connectivity index (χ4n) is 2.16. The molecule has 1 aliphatic rings. The van der Waals surface area contributed by atoms with Crippen molar-refractivity contribution in [1.29, 1.82) is 0 Å². The van der Waals surface area contributed by atoms with Crippen molar-refractivity contribution in [3.8, 4) is 5.75 Å². The molecule has 1 heterocycles. The van der Waals surface area contributed by atoms with Crippen LogP contribution in [0.2, 0.25) is 0 Å². The zero-order valence-electron chi connectivity index (χ0n) is 10.9. The summed E-state index contributed by atoms with van der Waals surface area (Å²) in [5, 5.41) is 0. The molecule has 0 amide bonds. The van der Waals surface area contributed by atoms with Crippen LogP contribution in [0.3, 0.4) is 0 Å². The van der Waals surface area contributed by atoms with Gasteiger partial charge in [0.25, 0.3) is 0 Å². The normalized spacial score (nSPS) is 17.4. The van der Waals surface area contributed by atoms with E-state index in [-0.39, 0.29) is 10.6 Å². The number of benzene rings is 1. The molecule has 0 aliphatic carbocycles. The van der Waals surface area contributed by atoms with Crippen LogP contribution in [0.4, 0.5) is 4.39 Å². The van der Waals surface area contributed by atoms with Gasteiger partial charge in [-0.1, -0.05) is 6.42 Å². The number of rotatable bonds is 4. The Bertz CT molecular complexity index is 539. The van der Waals surface area contributed by atoms with Gasteiger partial charge in [-0.3, -0.25) is 0 Å². The van der Waals surface area contributed by atoms with Crippen molar-refractivity contribution in [2.75, 3.05) is 19.7 Å². The average Bonchev–Trinajstić information content (AvgIpc) is 2.42. The van der Waals surface area contributed by atoms with Gasteiger partial charge in [0.15, 0.2) is 11.6 Å². The minimum Gasteiger partial charge on any atom is -0.491 e. The molecule has 4 nitrogen and oxygen atoms in total. The van der Waals surface area contributed by atoms with Gasteiger partial charge in [0.05, 0.1) is 11.5 Å². The van der Waals surface area contributed by atoms with E-state index in [2.05, 4.69) is 0 Å². The summed E-state index contributed by atoms with van der Waals surface area (Å²) < 4.78 is 44.8. The van der Waals surface area contributed by atoms with E-state index in [1.54, 1.807) is 6.92 Å². The first-order valence-corrected chi connectivity index (χ1v) is 7.92. The predicted molar refractivity (Wildman–Crippen MR) is 70.2 cm³/mol. The van der Waals surface area contributed by atoms with Gasteiger partial charge in [-0.05, 0) is 31.9 Å². The highest BCUT2D eigenvalue weighted by atomic mass is 32.2. The van der Waals surface area contributed by atoms with Gasteiger partial charge in [-0.2, -0.15) is 4.31 Å². The average molecular weight is 287 g/mol. The lowest BCUT2D eigenvalue weighted by molar-refractivity contribution is 0.319. The highest BCUT2D eigenvalue weighted by Crippen LogP contribution is 2.25. The molecule has 0 aromatic heterocycles. The van der Waals surface area contributed by atoms with Crippen LogP contribution in [0.5, 0.6) is 5.75 Å². The summed E-state index contributed by atoms with van der Waals surface area (Å²) in [5.41, 5.74) is 0. The number of nitrogens with zero attached hydrogens (tertiary/aromatic N) is 1. The van der Waals surface area contributed by atoms with E-state index in [0.29, 0.717) is 19.7 Å². The Morgan fingerprint density at radius 3 is 2.58 bits per heavy atom. The number of sulfonamides is 1. The summed E-state index contributed by atoms with van der Waals surface area (Å²) >= 11 is 0. The van der Waals surface area contributed by atoms with Crippen molar-refractivity contribution >= 4 is 10.0 Å². The van der Waals surface area contributed by atoms with Crippen LogP contribution < -0.4 is 4.74 Å². The third-order valence-electron chi connectivity index (χ3n) is 3.16. The van der Waals surface area contributed by atoms with Gasteiger partial charge in [-0.25, -0.2) is 12.8 Å². The molecule has 1 aliphatic heterocycles. The second-order valence-electron chi connectivity index (χ2n) is 4.49. The zero-order valence-corrected chi connectivity index (χ0v) is 11.7. The van der Waals surface area contributed by atoms with Crippen molar-refractivity contribution in [3.63, 3.8) is 0 Å². The maximum atomic E-state index is 13.5. The molecular formula is C13H18FNO3S. The number of hydrogen-bond acceptors (Lipinski definition) is 3. The summed E-state index contributed by atoms with van der Waals surface area (Å²) in [5.74, 6) is -0.556. The Kier molecular flexibility index (Phi) is 4.42. The largest absolute Gasteiger partial charge is 0.491 e. The first kappa shape index (κ1) is 14.3. The number of halogens is 1. The molecule has 0 bridgehead atoms. The van der Waals surface area contributed by atoms with Crippen molar-refractivity contribution in [3.05, 3.63) is 24.0 Å². The molecule has 1 aromatic carbocycles. The van der Waals surface area contributed by atoms with Gasteiger partial charge >= 0.3 is 0 Å². The Balaban J connectivity index is 2.31. The highest BCUT2D eigenvalue weighted by Gasteiger charge is 2.26. The molecule has 0 unspecified atom stereocenters.